The quantitative estimate of drug-likeness (QED) is 0.675. The summed E-state index contributed by atoms with van der Waals surface area (Å²) >= 11 is 0. The van der Waals surface area contributed by atoms with Gasteiger partial charge >= 0.3 is 0 Å². The Bertz CT molecular complexity index is 887. The lowest BCUT2D eigenvalue weighted by Crippen LogP contribution is -2.21. The summed E-state index contributed by atoms with van der Waals surface area (Å²) in [6.45, 7) is 2.16. The van der Waals surface area contributed by atoms with Gasteiger partial charge in [0, 0.05) is 37.3 Å². The van der Waals surface area contributed by atoms with Gasteiger partial charge in [0.1, 0.15) is 5.52 Å². The van der Waals surface area contributed by atoms with Gasteiger partial charge in [-0.15, -0.1) is 0 Å². The van der Waals surface area contributed by atoms with Crippen LogP contribution < -0.4 is 5.56 Å². The third-order valence-electron chi connectivity index (χ3n) is 4.76. The van der Waals surface area contributed by atoms with Crippen molar-refractivity contribution in [2.75, 3.05) is 13.1 Å². The second-order valence-electron chi connectivity index (χ2n) is 6.48. The molecule has 0 radical (unpaired) electrons. The van der Waals surface area contributed by atoms with Gasteiger partial charge in [0.05, 0.1) is 17.9 Å². The van der Waals surface area contributed by atoms with Gasteiger partial charge in [0.25, 0.3) is 5.56 Å². The smallest absolute Gasteiger partial charge is 0.275 e. The number of rotatable bonds is 4. The number of aromatic nitrogens is 3. The topological polar surface area (TPSA) is 85.0 Å². The molecule has 2 atom stereocenters. The predicted octanol–water partition coefficient (Wildman–Crippen LogP) is 1.29. The monoisotopic (exact) mass is 324 g/mol. The van der Waals surface area contributed by atoms with Crippen LogP contribution in [0.1, 0.15) is 11.1 Å². The van der Waals surface area contributed by atoms with Crippen molar-refractivity contribution in [2.24, 2.45) is 5.92 Å². The van der Waals surface area contributed by atoms with E-state index >= 15 is 0 Å². The molecule has 1 fully saturated rings. The Kier molecular flexibility index (Phi) is 3.92. The predicted molar refractivity (Wildman–Crippen MR) is 91.6 cm³/mol. The highest BCUT2D eigenvalue weighted by Gasteiger charge is 2.31. The zero-order valence-electron chi connectivity index (χ0n) is 13.3. The first-order chi connectivity index (χ1) is 11.7. The Morgan fingerprint density at radius 3 is 2.88 bits per heavy atom. The average molecular weight is 324 g/mol. The zero-order chi connectivity index (χ0) is 16.5. The molecular weight excluding hydrogens is 304 g/mol. The maximum absolute atomic E-state index is 11.8. The fraction of sp³-hybridized carbons (Fsp3) is 0.333. The SMILES string of the molecule is O=c1[nH]cnc2c(CN3C[C@@H](Cc4ccccc4)[C@H](O)C3)c[nH]c12. The summed E-state index contributed by atoms with van der Waals surface area (Å²) in [5.74, 6) is 0.231. The van der Waals surface area contributed by atoms with Crippen LogP contribution in [-0.4, -0.2) is 44.2 Å². The highest BCUT2D eigenvalue weighted by atomic mass is 16.3. The largest absolute Gasteiger partial charge is 0.391 e. The van der Waals surface area contributed by atoms with E-state index in [-0.39, 0.29) is 17.6 Å². The van der Waals surface area contributed by atoms with Crippen LogP contribution in [0.2, 0.25) is 0 Å². The van der Waals surface area contributed by atoms with E-state index in [1.54, 1.807) is 0 Å². The van der Waals surface area contributed by atoms with Crippen molar-refractivity contribution in [3.63, 3.8) is 0 Å². The molecule has 1 aliphatic rings. The van der Waals surface area contributed by atoms with Crippen LogP contribution in [0.15, 0.2) is 47.7 Å². The van der Waals surface area contributed by atoms with Crippen LogP contribution in [0, 0.1) is 5.92 Å². The van der Waals surface area contributed by atoms with E-state index in [0.717, 1.165) is 18.5 Å². The number of β-amino-alcohol motifs (C(OH)–C–C–N with tert-alkyl or cyclic N) is 1. The molecule has 1 aromatic carbocycles. The highest BCUT2D eigenvalue weighted by Crippen LogP contribution is 2.24. The van der Waals surface area contributed by atoms with Gasteiger partial charge in [-0.2, -0.15) is 0 Å². The Hall–Kier alpha value is -2.44. The molecule has 2 aromatic heterocycles. The molecule has 0 spiro atoms. The summed E-state index contributed by atoms with van der Waals surface area (Å²) in [6.07, 6.45) is 3.82. The second kappa shape index (κ2) is 6.22. The minimum Gasteiger partial charge on any atom is -0.391 e. The molecule has 6 nitrogen and oxygen atoms in total. The van der Waals surface area contributed by atoms with Gasteiger partial charge in [-0.1, -0.05) is 30.3 Å². The van der Waals surface area contributed by atoms with Crippen molar-refractivity contribution in [1.29, 1.82) is 0 Å². The fourth-order valence-electron chi connectivity index (χ4n) is 3.55. The molecule has 0 aliphatic carbocycles. The number of hydrogen-bond donors (Lipinski definition) is 3. The molecule has 1 saturated heterocycles. The molecule has 4 rings (SSSR count). The first-order valence-electron chi connectivity index (χ1n) is 8.18. The van der Waals surface area contributed by atoms with Crippen LogP contribution in [0.5, 0.6) is 0 Å². The normalized spacial score (nSPS) is 21.5. The molecule has 1 aliphatic heterocycles. The Morgan fingerprint density at radius 2 is 2.04 bits per heavy atom. The van der Waals surface area contributed by atoms with Crippen LogP contribution in [-0.2, 0) is 13.0 Å². The molecule has 3 heterocycles. The van der Waals surface area contributed by atoms with E-state index in [1.807, 2.05) is 24.4 Å². The van der Waals surface area contributed by atoms with Crippen molar-refractivity contribution in [1.82, 2.24) is 19.9 Å². The summed E-state index contributed by atoms with van der Waals surface area (Å²) in [7, 11) is 0. The lowest BCUT2D eigenvalue weighted by atomic mass is 9.97. The van der Waals surface area contributed by atoms with Crippen LogP contribution in [0.25, 0.3) is 11.0 Å². The molecule has 124 valence electrons. The molecule has 0 saturated carbocycles. The summed E-state index contributed by atoms with van der Waals surface area (Å²) in [6, 6.07) is 10.3. The third-order valence-corrected chi connectivity index (χ3v) is 4.76. The number of aromatic amines is 2. The van der Waals surface area contributed by atoms with E-state index in [1.165, 1.54) is 11.9 Å². The van der Waals surface area contributed by atoms with E-state index in [0.29, 0.717) is 24.1 Å². The minimum atomic E-state index is -0.327. The summed E-state index contributed by atoms with van der Waals surface area (Å²) < 4.78 is 0. The second-order valence-corrected chi connectivity index (χ2v) is 6.48. The lowest BCUT2D eigenvalue weighted by molar-refractivity contribution is 0.141. The van der Waals surface area contributed by atoms with E-state index < -0.39 is 0 Å². The highest BCUT2D eigenvalue weighted by molar-refractivity contribution is 5.77. The van der Waals surface area contributed by atoms with Crippen LogP contribution >= 0.6 is 0 Å². The van der Waals surface area contributed by atoms with Gasteiger partial charge in [-0.05, 0) is 12.0 Å². The maximum atomic E-state index is 11.8. The Balaban J connectivity index is 1.48. The van der Waals surface area contributed by atoms with Crippen LogP contribution in [0.3, 0.4) is 0 Å². The van der Waals surface area contributed by atoms with Gasteiger partial charge < -0.3 is 15.1 Å². The number of nitrogens with one attached hydrogen (secondary N) is 2. The first kappa shape index (κ1) is 15.1. The van der Waals surface area contributed by atoms with Gasteiger partial charge in [-0.25, -0.2) is 4.98 Å². The average Bonchev–Trinajstić information content (AvgIpc) is 3.14. The van der Waals surface area contributed by atoms with Crippen molar-refractivity contribution < 1.29 is 5.11 Å². The number of H-pyrrole nitrogens is 2. The molecule has 3 N–H and O–H groups in total. The maximum Gasteiger partial charge on any atom is 0.275 e. The Morgan fingerprint density at radius 1 is 1.21 bits per heavy atom. The van der Waals surface area contributed by atoms with Gasteiger partial charge in [0.2, 0.25) is 0 Å². The van der Waals surface area contributed by atoms with E-state index in [4.69, 9.17) is 0 Å². The Labute approximate surface area is 139 Å². The molecule has 0 unspecified atom stereocenters. The van der Waals surface area contributed by atoms with Crippen molar-refractivity contribution >= 4 is 11.0 Å². The number of fused-ring (bicyclic) bond motifs is 1. The van der Waals surface area contributed by atoms with Crippen molar-refractivity contribution in [3.05, 3.63) is 64.3 Å². The molecule has 0 amide bonds. The van der Waals surface area contributed by atoms with E-state index in [2.05, 4.69) is 32.0 Å². The number of nitrogens with zero attached hydrogens (tertiary/aromatic N) is 2. The van der Waals surface area contributed by atoms with Gasteiger partial charge in [0.15, 0.2) is 0 Å². The molecule has 3 aromatic rings. The zero-order valence-corrected chi connectivity index (χ0v) is 13.3. The number of aliphatic hydroxyl groups is 1. The minimum absolute atomic E-state index is 0.158. The molecule has 24 heavy (non-hydrogen) atoms. The fourth-order valence-corrected chi connectivity index (χ4v) is 3.55. The molecule has 0 bridgehead atoms. The standard InChI is InChI=1S/C18H20N4O2/c23-15-10-22(8-13(15)6-12-4-2-1-3-5-12)9-14-7-19-17-16(14)20-11-21-18(17)24/h1-5,7,11,13,15,19,23H,6,8-10H2,(H,20,21,24)/t13-,15-/m1/s1. The first-order valence-corrected chi connectivity index (χ1v) is 8.18. The number of benzene rings is 1. The third kappa shape index (κ3) is 2.86. The number of aliphatic hydroxyl groups excluding tert-OH is 1. The van der Waals surface area contributed by atoms with Crippen molar-refractivity contribution in [2.45, 2.75) is 19.1 Å². The lowest BCUT2D eigenvalue weighted by Gasteiger charge is -2.15. The molecule has 6 heteroatoms. The summed E-state index contributed by atoms with van der Waals surface area (Å²) in [5, 5.41) is 10.4. The van der Waals surface area contributed by atoms with Gasteiger partial charge in [-0.3, -0.25) is 9.69 Å². The number of hydrogen-bond acceptors (Lipinski definition) is 4. The van der Waals surface area contributed by atoms with E-state index in [9.17, 15) is 9.90 Å². The summed E-state index contributed by atoms with van der Waals surface area (Å²) in [5.41, 5.74) is 3.30. The molecular formula is C18H20N4O2. The van der Waals surface area contributed by atoms with Crippen LogP contribution in [0.4, 0.5) is 0 Å². The summed E-state index contributed by atoms with van der Waals surface area (Å²) in [4.78, 5) is 23.8. The van der Waals surface area contributed by atoms with Crippen molar-refractivity contribution in [3.8, 4) is 0 Å². The number of likely N-dealkylation sites (tertiary alicyclic amines) is 1.